The maximum absolute atomic E-state index is 13.9. The fraction of sp³-hybridized carbons (Fsp3) is 0.222. The fourth-order valence-electron chi connectivity index (χ4n) is 3.06. The molecule has 2 aromatic rings. The number of amides is 1. The number of benzene rings is 2. The molecular weight excluding hydrogens is 347 g/mol. The molecule has 0 unspecified atom stereocenters. The summed E-state index contributed by atoms with van der Waals surface area (Å²) in [5.74, 6) is -1.77. The summed E-state index contributed by atoms with van der Waals surface area (Å²) in [5, 5.41) is 28.2. The molecule has 2 aromatic carbocycles. The second-order valence-electron chi connectivity index (χ2n) is 5.83. The van der Waals surface area contributed by atoms with Crippen molar-refractivity contribution in [2.24, 2.45) is 0 Å². The van der Waals surface area contributed by atoms with Crippen LogP contribution in [0.15, 0.2) is 30.3 Å². The molecule has 1 heterocycles. The second kappa shape index (κ2) is 6.61. The van der Waals surface area contributed by atoms with Gasteiger partial charge in [0.2, 0.25) is 0 Å². The average Bonchev–Trinajstić information content (AvgIpc) is 3.07. The minimum absolute atomic E-state index is 0.0242. The summed E-state index contributed by atoms with van der Waals surface area (Å²) in [6.45, 7) is 0.447. The van der Waals surface area contributed by atoms with E-state index in [-0.39, 0.29) is 33.7 Å². The number of nitriles is 1. The van der Waals surface area contributed by atoms with E-state index < -0.39 is 11.7 Å². The third kappa shape index (κ3) is 3.11. The summed E-state index contributed by atoms with van der Waals surface area (Å²) < 4.78 is 13.9. The summed E-state index contributed by atoms with van der Waals surface area (Å²) in [4.78, 5) is 14.3. The van der Waals surface area contributed by atoms with Gasteiger partial charge in [0.25, 0.3) is 5.91 Å². The first-order valence-corrected chi connectivity index (χ1v) is 8.02. The quantitative estimate of drug-likeness (QED) is 0.854. The molecule has 1 amide bonds. The number of phenols is 2. The van der Waals surface area contributed by atoms with Crippen LogP contribution in [0.5, 0.6) is 11.5 Å². The summed E-state index contributed by atoms with van der Waals surface area (Å²) in [7, 11) is 0. The van der Waals surface area contributed by atoms with Gasteiger partial charge in [-0.2, -0.15) is 5.26 Å². The molecular formula is C18H14ClFN2O3. The molecule has 1 saturated heterocycles. The first-order valence-electron chi connectivity index (χ1n) is 7.64. The van der Waals surface area contributed by atoms with Crippen molar-refractivity contribution in [2.75, 3.05) is 6.54 Å². The van der Waals surface area contributed by atoms with Crippen LogP contribution in [0.3, 0.4) is 0 Å². The molecule has 7 heteroatoms. The lowest BCUT2D eigenvalue weighted by Crippen LogP contribution is -2.30. The summed E-state index contributed by atoms with van der Waals surface area (Å²) in [6.07, 6.45) is 1.37. The zero-order valence-corrected chi connectivity index (χ0v) is 13.8. The van der Waals surface area contributed by atoms with Crippen LogP contribution < -0.4 is 0 Å². The van der Waals surface area contributed by atoms with E-state index in [0.717, 1.165) is 12.5 Å². The molecule has 5 nitrogen and oxygen atoms in total. The van der Waals surface area contributed by atoms with Gasteiger partial charge in [0.05, 0.1) is 22.2 Å². The summed E-state index contributed by atoms with van der Waals surface area (Å²) in [5.41, 5.74) is 0.512. The van der Waals surface area contributed by atoms with Crippen molar-refractivity contribution in [1.29, 1.82) is 5.26 Å². The van der Waals surface area contributed by atoms with Gasteiger partial charge >= 0.3 is 0 Å². The predicted molar refractivity (Wildman–Crippen MR) is 88.9 cm³/mol. The predicted octanol–water partition coefficient (Wildman–Crippen LogP) is 3.74. The van der Waals surface area contributed by atoms with Crippen molar-refractivity contribution >= 4 is 17.5 Å². The van der Waals surface area contributed by atoms with Gasteiger partial charge < -0.3 is 15.1 Å². The van der Waals surface area contributed by atoms with E-state index >= 15 is 0 Å². The standard InChI is InChI=1S/C18H14ClFN2O3/c19-13-7-12(16(23)8-17(13)24)18(25)22-5-1-2-15(22)10-3-4-11(9-21)14(20)6-10/h3-4,6-8,15,23-24H,1-2,5H2/t15-/m1/s1. The normalized spacial score (nSPS) is 16.7. The smallest absolute Gasteiger partial charge is 0.258 e. The lowest BCUT2D eigenvalue weighted by molar-refractivity contribution is 0.0732. The van der Waals surface area contributed by atoms with Gasteiger partial charge in [-0.3, -0.25) is 4.79 Å². The number of likely N-dealkylation sites (tertiary alicyclic amines) is 1. The number of nitrogens with zero attached hydrogens (tertiary/aromatic N) is 2. The Morgan fingerprint density at radius 1 is 1.28 bits per heavy atom. The number of halogens is 2. The average molecular weight is 361 g/mol. The fourth-order valence-corrected chi connectivity index (χ4v) is 3.23. The number of phenolic OH excluding ortho intramolecular Hbond substituents is 2. The Morgan fingerprint density at radius 2 is 2.04 bits per heavy atom. The van der Waals surface area contributed by atoms with Crippen LogP contribution in [0.4, 0.5) is 4.39 Å². The van der Waals surface area contributed by atoms with E-state index in [9.17, 15) is 19.4 Å². The Bertz CT molecular complexity index is 895. The van der Waals surface area contributed by atoms with Crippen molar-refractivity contribution in [2.45, 2.75) is 18.9 Å². The van der Waals surface area contributed by atoms with E-state index in [1.54, 1.807) is 12.1 Å². The van der Waals surface area contributed by atoms with Crippen molar-refractivity contribution in [3.63, 3.8) is 0 Å². The molecule has 0 aromatic heterocycles. The number of rotatable bonds is 2. The van der Waals surface area contributed by atoms with Crippen LogP contribution >= 0.6 is 11.6 Å². The lowest BCUT2D eigenvalue weighted by Gasteiger charge is -2.25. The lowest BCUT2D eigenvalue weighted by atomic mass is 10.0. The van der Waals surface area contributed by atoms with E-state index in [4.69, 9.17) is 16.9 Å². The Kier molecular flexibility index (Phi) is 4.51. The van der Waals surface area contributed by atoms with E-state index in [2.05, 4.69) is 0 Å². The van der Waals surface area contributed by atoms with Crippen LogP contribution in [0.2, 0.25) is 5.02 Å². The van der Waals surface area contributed by atoms with Crippen LogP contribution in [0.1, 0.15) is 40.4 Å². The Hall–Kier alpha value is -2.78. The van der Waals surface area contributed by atoms with E-state index in [1.807, 2.05) is 0 Å². The van der Waals surface area contributed by atoms with Crippen molar-refractivity contribution in [3.05, 3.63) is 57.9 Å². The first-order chi connectivity index (χ1) is 11.9. The van der Waals surface area contributed by atoms with Gasteiger partial charge in [-0.25, -0.2) is 4.39 Å². The molecule has 1 aliphatic heterocycles. The SMILES string of the molecule is N#Cc1ccc([C@H]2CCCN2C(=O)c2cc(Cl)c(O)cc2O)cc1F. The molecule has 0 radical (unpaired) electrons. The van der Waals surface area contributed by atoms with E-state index in [1.165, 1.54) is 23.1 Å². The number of hydrogen-bond acceptors (Lipinski definition) is 4. The Balaban J connectivity index is 1.94. The van der Waals surface area contributed by atoms with Crippen LogP contribution in [-0.2, 0) is 0 Å². The Labute approximate surface area is 148 Å². The number of carbonyl (C=O) groups excluding carboxylic acids is 1. The summed E-state index contributed by atoms with van der Waals surface area (Å²) >= 11 is 5.83. The Morgan fingerprint density at radius 3 is 2.72 bits per heavy atom. The van der Waals surface area contributed by atoms with Crippen LogP contribution in [0, 0.1) is 17.1 Å². The zero-order valence-electron chi connectivity index (χ0n) is 13.0. The molecule has 2 N–H and O–H groups in total. The minimum Gasteiger partial charge on any atom is -0.507 e. The molecule has 1 atom stereocenters. The number of hydrogen-bond donors (Lipinski definition) is 2. The van der Waals surface area contributed by atoms with Gasteiger partial charge in [-0.05, 0) is 36.6 Å². The maximum Gasteiger partial charge on any atom is 0.258 e. The topological polar surface area (TPSA) is 84.6 Å². The highest BCUT2D eigenvalue weighted by molar-refractivity contribution is 6.32. The van der Waals surface area contributed by atoms with Crippen LogP contribution in [0.25, 0.3) is 0 Å². The number of aromatic hydroxyl groups is 2. The number of carbonyl (C=O) groups is 1. The van der Waals surface area contributed by atoms with Crippen LogP contribution in [-0.4, -0.2) is 27.6 Å². The summed E-state index contributed by atoms with van der Waals surface area (Å²) in [6, 6.07) is 7.91. The monoisotopic (exact) mass is 360 g/mol. The van der Waals surface area contributed by atoms with Gasteiger partial charge in [0.1, 0.15) is 23.4 Å². The molecule has 3 rings (SSSR count). The molecule has 25 heavy (non-hydrogen) atoms. The second-order valence-corrected chi connectivity index (χ2v) is 6.24. The largest absolute Gasteiger partial charge is 0.507 e. The molecule has 0 aliphatic carbocycles. The van der Waals surface area contributed by atoms with E-state index in [0.29, 0.717) is 18.5 Å². The van der Waals surface area contributed by atoms with Crippen molar-refractivity contribution < 1.29 is 19.4 Å². The molecule has 1 aliphatic rings. The third-order valence-electron chi connectivity index (χ3n) is 4.31. The minimum atomic E-state index is -0.630. The van der Waals surface area contributed by atoms with Gasteiger partial charge in [0, 0.05) is 12.6 Å². The van der Waals surface area contributed by atoms with Gasteiger partial charge in [-0.1, -0.05) is 17.7 Å². The highest BCUT2D eigenvalue weighted by Crippen LogP contribution is 2.37. The molecule has 0 saturated carbocycles. The third-order valence-corrected chi connectivity index (χ3v) is 4.61. The molecule has 0 spiro atoms. The molecule has 0 bridgehead atoms. The highest BCUT2D eigenvalue weighted by atomic mass is 35.5. The first kappa shape index (κ1) is 17.1. The van der Waals surface area contributed by atoms with Crippen molar-refractivity contribution in [1.82, 2.24) is 4.90 Å². The van der Waals surface area contributed by atoms with Crippen molar-refractivity contribution in [3.8, 4) is 17.6 Å². The highest BCUT2D eigenvalue weighted by Gasteiger charge is 2.32. The molecule has 1 fully saturated rings. The van der Waals surface area contributed by atoms with Gasteiger partial charge in [0.15, 0.2) is 0 Å². The van der Waals surface area contributed by atoms with Gasteiger partial charge in [-0.15, -0.1) is 0 Å². The zero-order chi connectivity index (χ0) is 18.1. The molecule has 128 valence electrons. The maximum atomic E-state index is 13.9.